The summed E-state index contributed by atoms with van der Waals surface area (Å²) in [6.45, 7) is 0. The Hall–Kier alpha value is -1.65. The highest BCUT2D eigenvalue weighted by Crippen LogP contribution is 2.36. The molecule has 1 fully saturated rings. The Morgan fingerprint density at radius 1 is 1.12 bits per heavy atom. The van der Waals surface area contributed by atoms with Crippen LogP contribution in [0.2, 0.25) is 0 Å². The normalized spacial score (nSPS) is 18.0. The summed E-state index contributed by atoms with van der Waals surface area (Å²) < 4.78 is 5.32. The first-order valence-corrected chi connectivity index (χ1v) is 5.65. The van der Waals surface area contributed by atoms with Crippen LogP contribution in [0.1, 0.15) is 43.8 Å². The monoisotopic (exact) mass is 219 g/mol. The lowest BCUT2D eigenvalue weighted by Crippen LogP contribution is -2.04. The molecule has 1 aliphatic carbocycles. The van der Waals surface area contributed by atoms with Gasteiger partial charge in [-0.15, -0.1) is 0 Å². The van der Waals surface area contributed by atoms with Crippen LogP contribution in [0.15, 0.2) is 10.9 Å². The first kappa shape index (κ1) is 9.57. The van der Waals surface area contributed by atoms with Gasteiger partial charge in [0, 0.05) is 5.92 Å². The zero-order valence-electron chi connectivity index (χ0n) is 8.89. The zero-order chi connectivity index (χ0) is 11.0. The van der Waals surface area contributed by atoms with E-state index < -0.39 is 0 Å². The van der Waals surface area contributed by atoms with Gasteiger partial charge in [0.25, 0.3) is 0 Å². The summed E-state index contributed by atoms with van der Waals surface area (Å²) in [6, 6.07) is 0. The van der Waals surface area contributed by atoms with Gasteiger partial charge in [0.1, 0.15) is 11.8 Å². The average molecular weight is 219 g/mol. The Balaban J connectivity index is 2.06. The molecule has 0 radical (unpaired) electrons. The molecule has 84 valence electrons. The number of nitrogens with zero attached hydrogens (tertiary/aromatic N) is 3. The van der Waals surface area contributed by atoms with Crippen LogP contribution in [0.3, 0.4) is 0 Å². The summed E-state index contributed by atoms with van der Waals surface area (Å²) >= 11 is 0. The van der Waals surface area contributed by atoms with Crippen LogP contribution in [-0.2, 0) is 0 Å². The van der Waals surface area contributed by atoms with Crippen LogP contribution < -0.4 is 0 Å². The van der Waals surface area contributed by atoms with Gasteiger partial charge in [0.2, 0.25) is 5.88 Å². The zero-order valence-corrected chi connectivity index (χ0v) is 8.89. The molecular formula is C11H13N3O2. The van der Waals surface area contributed by atoms with Crippen molar-refractivity contribution in [2.75, 3.05) is 0 Å². The first-order chi connectivity index (χ1) is 7.86. The smallest absolute Gasteiger partial charge is 0.244 e. The molecule has 1 saturated carbocycles. The van der Waals surface area contributed by atoms with Crippen molar-refractivity contribution < 1.29 is 9.63 Å². The summed E-state index contributed by atoms with van der Waals surface area (Å²) in [6.07, 6.45) is 7.34. The van der Waals surface area contributed by atoms with E-state index in [0.29, 0.717) is 17.0 Å². The van der Waals surface area contributed by atoms with Crippen molar-refractivity contribution in [1.29, 1.82) is 0 Å². The molecule has 2 aromatic heterocycles. The second-order valence-electron chi connectivity index (χ2n) is 4.28. The number of fused-ring (bicyclic) bond motifs is 1. The lowest BCUT2D eigenvalue weighted by atomic mass is 9.87. The molecule has 5 nitrogen and oxygen atoms in total. The largest absolute Gasteiger partial charge is 0.492 e. The van der Waals surface area contributed by atoms with Crippen molar-refractivity contribution in [3.05, 3.63) is 12.1 Å². The standard InChI is InChI=1S/C11H13N3O2/c15-11-9-8(12-6-13-11)10(16-14-9)7-4-2-1-3-5-7/h6-7H,1-5H2,(H,12,13,15). The minimum absolute atomic E-state index is 0.101. The fourth-order valence-electron chi connectivity index (χ4n) is 2.40. The molecule has 16 heavy (non-hydrogen) atoms. The molecule has 3 rings (SSSR count). The third-order valence-corrected chi connectivity index (χ3v) is 3.25. The Labute approximate surface area is 92.5 Å². The molecule has 5 heteroatoms. The fraction of sp³-hybridized carbons (Fsp3) is 0.545. The maximum Gasteiger partial charge on any atom is 0.244 e. The molecule has 0 aromatic carbocycles. The average Bonchev–Trinajstić information content (AvgIpc) is 2.75. The van der Waals surface area contributed by atoms with Gasteiger partial charge in [-0.05, 0) is 12.8 Å². The molecule has 2 heterocycles. The van der Waals surface area contributed by atoms with Gasteiger partial charge in [-0.1, -0.05) is 24.4 Å². The molecule has 0 unspecified atom stereocenters. The van der Waals surface area contributed by atoms with E-state index >= 15 is 0 Å². The molecule has 0 saturated heterocycles. The third-order valence-electron chi connectivity index (χ3n) is 3.25. The Bertz CT molecular complexity index is 503. The Morgan fingerprint density at radius 3 is 2.75 bits per heavy atom. The minimum Gasteiger partial charge on any atom is -0.492 e. The second kappa shape index (κ2) is 3.73. The van der Waals surface area contributed by atoms with Crippen LogP contribution in [0.4, 0.5) is 0 Å². The molecule has 0 aliphatic heterocycles. The van der Waals surface area contributed by atoms with E-state index in [1.165, 1.54) is 25.6 Å². The van der Waals surface area contributed by atoms with E-state index in [4.69, 9.17) is 4.52 Å². The van der Waals surface area contributed by atoms with Crippen LogP contribution >= 0.6 is 0 Å². The number of hydrogen-bond acceptors (Lipinski definition) is 5. The van der Waals surface area contributed by atoms with Gasteiger partial charge in [0.05, 0.1) is 0 Å². The number of aromatic hydroxyl groups is 1. The Morgan fingerprint density at radius 2 is 1.94 bits per heavy atom. The van der Waals surface area contributed by atoms with E-state index in [9.17, 15) is 5.11 Å². The second-order valence-corrected chi connectivity index (χ2v) is 4.28. The third kappa shape index (κ3) is 1.43. The van der Waals surface area contributed by atoms with Crippen molar-refractivity contribution in [3.63, 3.8) is 0 Å². The molecule has 0 amide bonds. The van der Waals surface area contributed by atoms with E-state index in [0.717, 1.165) is 18.6 Å². The predicted molar refractivity (Wildman–Crippen MR) is 57.1 cm³/mol. The summed E-state index contributed by atoms with van der Waals surface area (Å²) in [5, 5.41) is 13.4. The topological polar surface area (TPSA) is 72.0 Å². The summed E-state index contributed by atoms with van der Waals surface area (Å²) in [4.78, 5) is 7.84. The van der Waals surface area contributed by atoms with Gasteiger partial charge >= 0.3 is 0 Å². The van der Waals surface area contributed by atoms with E-state index in [2.05, 4.69) is 15.1 Å². The molecule has 0 bridgehead atoms. The van der Waals surface area contributed by atoms with Gasteiger partial charge in [-0.2, -0.15) is 4.98 Å². The van der Waals surface area contributed by atoms with E-state index in [1.807, 2.05) is 0 Å². The van der Waals surface area contributed by atoms with Crippen LogP contribution in [0, 0.1) is 0 Å². The highest BCUT2D eigenvalue weighted by Gasteiger charge is 2.24. The van der Waals surface area contributed by atoms with Crippen molar-refractivity contribution in [3.8, 4) is 5.88 Å². The van der Waals surface area contributed by atoms with Crippen LogP contribution in [0.25, 0.3) is 11.0 Å². The van der Waals surface area contributed by atoms with Crippen molar-refractivity contribution >= 4 is 11.0 Å². The highest BCUT2D eigenvalue weighted by atomic mass is 16.5. The maximum atomic E-state index is 9.51. The molecular weight excluding hydrogens is 206 g/mol. The number of hydrogen-bond donors (Lipinski definition) is 1. The molecule has 1 N–H and O–H groups in total. The van der Waals surface area contributed by atoms with Crippen molar-refractivity contribution in [1.82, 2.24) is 15.1 Å². The van der Waals surface area contributed by atoms with Gasteiger partial charge in [0.15, 0.2) is 11.3 Å². The SMILES string of the molecule is Oc1ncnc2c(C3CCCCC3)onc12. The van der Waals surface area contributed by atoms with E-state index in [-0.39, 0.29) is 5.88 Å². The van der Waals surface area contributed by atoms with E-state index in [1.54, 1.807) is 0 Å². The fourth-order valence-corrected chi connectivity index (χ4v) is 2.40. The number of aromatic nitrogens is 3. The summed E-state index contributed by atoms with van der Waals surface area (Å²) in [5.41, 5.74) is 1.04. The summed E-state index contributed by atoms with van der Waals surface area (Å²) in [7, 11) is 0. The lowest BCUT2D eigenvalue weighted by molar-refractivity contribution is 0.325. The molecule has 1 aliphatic rings. The minimum atomic E-state index is -0.101. The number of rotatable bonds is 1. The lowest BCUT2D eigenvalue weighted by Gasteiger charge is -2.18. The first-order valence-electron chi connectivity index (χ1n) is 5.65. The van der Waals surface area contributed by atoms with Gasteiger partial charge in [-0.25, -0.2) is 4.98 Å². The summed E-state index contributed by atoms with van der Waals surface area (Å²) in [5.74, 6) is 1.11. The quantitative estimate of drug-likeness (QED) is 0.797. The predicted octanol–water partition coefficient (Wildman–Crippen LogP) is 2.37. The molecule has 0 atom stereocenters. The van der Waals surface area contributed by atoms with Gasteiger partial charge in [-0.3, -0.25) is 0 Å². The van der Waals surface area contributed by atoms with Crippen LogP contribution in [0.5, 0.6) is 5.88 Å². The van der Waals surface area contributed by atoms with Crippen molar-refractivity contribution in [2.45, 2.75) is 38.0 Å². The van der Waals surface area contributed by atoms with Gasteiger partial charge < -0.3 is 9.63 Å². The highest BCUT2D eigenvalue weighted by molar-refractivity contribution is 5.80. The molecule has 2 aromatic rings. The van der Waals surface area contributed by atoms with Crippen molar-refractivity contribution in [2.24, 2.45) is 0 Å². The van der Waals surface area contributed by atoms with Crippen LogP contribution in [-0.4, -0.2) is 20.2 Å². The maximum absolute atomic E-state index is 9.51. The molecule has 0 spiro atoms. The Kier molecular flexibility index (Phi) is 2.23.